The van der Waals surface area contributed by atoms with Crippen molar-refractivity contribution in [3.05, 3.63) is 86.0 Å². The van der Waals surface area contributed by atoms with Crippen molar-refractivity contribution in [1.29, 1.82) is 0 Å². The third kappa shape index (κ3) is 3.84. The van der Waals surface area contributed by atoms with Gasteiger partial charge in [-0.15, -0.1) is 11.3 Å². The van der Waals surface area contributed by atoms with E-state index in [2.05, 4.69) is 45.9 Å². The fourth-order valence-electron chi connectivity index (χ4n) is 3.49. The minimum atomic E-state index is -0.212. The van der Waals surface area contributed by atoms with Crippen molar-refractivity contribution in [2.75, 3.05) is 18.0 Å². The van der Waals surface area contributed by atoms with E-state index in [0.717, 1.165) is 13.0 Å². The maximum Gasteiger partial charge on any atom is 0.252 e. The fraction of sp³-hybridized carbons (Fsp3) is 0.190. The summed E-state index contributed by atoms with van der Waals surface area (Å²) >= 11 is 13.9. The predicted octanol–water partition coefficient (Wildman–Crippen LogP) is 5.59. The lowest BCUT2D eigenvalue weighted by molar-refractivity contribution is 0.0951. The molecule has 0 saturated carbocycles. The third-order valence-corrected chi connectivity index (χ3v) is 6.34. The standard InChI is InChI=1S/C21H18Cl2N2OS/c22-15-7-8-17(23)16(12-15)21(26)24-13-19(20-6-3-11-27-20)25-10-9-14-4-1-2-5-18(14)25/h1-8,11-12,19H,9-10,13H2,(H,24,26). The van der Waals surface area contributed by atoms with E-state index in [1.807, 2.05) is 6.07 Å². The molecule has 1 atom stereocenters. The van der Waals surface area contributed by atoms with E-state index in [1.54, 1.807) is 29.5 Å². The number of hydrogen-bond donors (Lipinski definition) is 1. The van der Waals surface area contributed by atoms with Gasteiger partial charge in [-0.3, -0.25) is 4.79 Å². The van der Waals surface area contributed by atoms with Crippen LogP contribution in [-0.4, -0.2) is 19.0 Å². The molecule has 0 fully saturated rings. The van der Waals surface area contributed by atoms with Crippen molar-refractivity contribution < 1.29 is 4.79 Å². The highest BCUT2D eigenvalue weighted by molar-refractivity contribution is 7.10. The van der Waals surface area contributed by atoms with Gasteiger partial charge >= 0.3 is 0 Å². The second-order valence-corrected chi connectivity index (χ2v) is 8.26. The summed E-state index contributed by atoms with van der Waals surface area (Å²) in [5.74, 6) is -0.212. The molecule has 3 aromatic rings. The highest BCUT2D eigenvalue weighted by Gasteiger charge is 2.28. The van der Waals surface area contributed by atoms with Gasteiger partial charge in [0.25, 0.3) is 5.91 Å². The molecule has 1 amide bonds. The molecule has 1 aliphatic rings. The number of para-hydroxylation sites is 1. The van der Waals surface area contributed by atoms with Gasteiger partial charge in [0.15, 0.2) is 0 Å². The molecule has 0 spiro atoms. The zero-order valence-electron chi connectivity index (χ0n) is 14.5. The molecule has 0 aliphatic carbocycles. The summed E-state index contributed by atoms with van der Waals surface area (Å²) in [5, 5.41) is 6.01. The number of amides is 1. The zero-order valence-corrected chi connectivity index (χ0v) is 16.8. The van der Waals surface area contributed by atoms with Crippen LogP contribution >= 0.6 is 34.5 Å². The summed E-state index contributed by atoms with van der Waals surface area (Å²) in [7, 11) is 0. The Morgan fingerprint density at radius 3 is 2.81 bits per heavy atom. The minimum Gasteiger partial charge on any atom is -0.361 e. The molecule has 4 rings (SSSR count). The summed E-state index contributed by atoms with van der Waals surface area (Å²) in [6.07, 6.45) is 1.02. The van der Waals surface area contributed by atoms with E-state index in [-0.39, 0.29) is 11.9 Å². The number of fused-ring (bicyclic) bond motifs is 1. The van der Waals surface area contributed by atoms with Crippen LogP contribution in [0, 0.1) is 0 Å². The topological polar surface area (TPSA) is 32.3 Å². The monoisotopic (exact) mass is 416 g/mol. The van der Waals surface area contributed by atoms with Gasteiger partial charge in [-0.1, -0.05) is 47.5 Å². The summed E-state index contributed by atoms with van der Waals surface area (Å²) in [6.45, 7) is 1.44. The lowest BCUT2D eigenvalue weighted by Crippen LogP contribution is -2.37. The molecule has 0 bridgehead atoms. The van der Waals surface area contributed by atoms with E-state index in [1.165, 1.54) is 16.1 Å². The number of halogens is 2. The fourth-order valence-corrected chi connectivity index (χ4v) is 4.70. The quantitative estimate of drug-likeness (QED) is 0.587. The van der Waals surface area contributed by atoms with Gasteiger partial charge in [0.05, 0.1) is 16.6 Å². The Morgan fingerprint density at radius 1 is 1.15 bits per heavy atom. The second-order valence-electron chi connectivity index (χ2n) is 6.44. The van der Waals surface area contributed by atoms with Crippen LogP contribution in [0.4, 0.5) is 5.69 Å². The van der Waals surface area contributed by atoms with Gasteiger partial charge < -0.3 is 10.2 Å². The smallest absolute Gasteiger partial charge is 0.252 e. The lowest BCUT2D eigenvalue weighted by Gasteiger charge is -2.30. The van der Waals surface area contributed by atoms with Gasteiger partial charge in [-0.2, -0.15) is 0 Å². The lowest BCUT2D eigenvalue weighted by atomic mass is 10.1. The first-order valence-corrected chi connectivity index (χ1v) is 10.4. The second kappa shape index (κ2) is 7.93. The van der Waals surface area contributed by atoms with Crippen LogP contribution in [0.2, 0.25) is 10.0 Å². The van der Waals surface area contributed by atoms with E-state index in [9.17, 15) is 4.79 Å². The minimum absolute atomic E-state index is 0.0792. The van der Waals surface area contributed by atoms with Gasteiger partial charge in [0, 0.05) is 28.7 Å². The van der Waals surface area contributed by atoms with Crippen LogP contribution in [0.15, 0.2) is 60.0 Å². The Morgan fingerprint density at radius 2 is 2.00 bits per heavy atom. The predicted molar refractivity (Wildman–Crippen MR) is 113 cm³/mol. The molecule has 3 nitrogen and oxygen atoms in total. The van der Waals surface area contributed by atoms with Gasteiger partial charge in [-0.05, 0) is 47.7 Å². The first-order chi connectivity index (χ1) is 13.1. The SMILES string of the molecule is O=C(NCC(c1cccs1)N1CCc2ccccc21)c1cc(Cl)ccc1Cl. The first kappa shape index (κ1) is 18.4. The number of carbonyl (C=O) groups excluding carboxylic acids is 1. The Labute approximate surface area is 172 Å². The molecule has 138 valence electrons. The summed E-state index contributed by atoms with van der Waals surface area (Å²) < 4.78 is 0. The molecular formula is C21H18Cl2N2OS. The maximum atomic E-state index is 12.7. The van der Waals surface area contributed by atoms with Crippen LogP contribution in [0.25, 0.3) is 0 Å². The highest BCUT2D eigenvalue weighted by atomic mass is 35.5. The van der Waals surface area contributed by atoms with Crippen LogP contribution in [0.5, 0.6) is 0 Å². The Bertz CT molecular complexity index is 959. The number of carbonyl (C=O) groups is 1. The van der Waals surface area contributed by atoms with Crippen molar-refractivity contribution in [1.82, 2.24) is 5.32 Å². The average molecular weight is 417 g/mol. The number of rotatable bonds is 5. The number of benzene rings is 2. The Hall–Kier alpha value is -2.01. The number of thiophene rings is 1. The van der Waals surface area contributed by atoms with Crippen LogP contribution in [0.1, 0.15) is 26.8 Å². The number of hydrogen-bond acceptors (Lipinski definition) is 3. The van der Waals surface area contributed by atoms with Crippen molar-refractivity contribution in [3.63, 3.8) is 0 Å². The van der Waals surface area contributed by atoms with E-state index >= 15 is 0 Å². The van der Waals surface area contributed by atoms with E-state index < -0.39 is 0 Å². The number of nitrogens with one attached hydrogen (secondary N) is 1. The molecule has 1 unspecified atom stereocenters. The summed E-state index contributed by atoms with van der Waals surface area (Å²) in [4.78, 5) is 16.3. The van der Waals surface area contributed by atoms with Crippen LogP contribution < -0.4 is 10.2 Å². The molecule has 1 aromatic heterocycles. The van der Waals surface area contributed by atoms with Gasteiger partial charge in [-0.25, -0.2) is 0 Å². The highest BCUT2D eigenvalue weighted by Crippen LogP contribution is 2.36. The summed E-state index contributed by atoms with van der Waals surface area (Å²) in [5.41, 5.74) is 2.99. The molecule has 1 N–H and O–H groups in total. The summed E-state index contributed by atoms with van der Waals surface area (Å²) in [6, 6.07) is 17.6. The Balaban J connectivity index is 1.57. The first-order valence-electron chi connectivity index (χ1n) is 8.74. The van der Waals surface area contributed by atoms with E-state index in [4.69, 9.17) is 23.2 Å². The number of anilines is 1. The molecule has 2 heterocycles. The van der Waals surface area contributed by atoms with Crippen molar-refractivity contribution >= 4 is 46.1 Å². The molecule has 6 heteroatoms. The largest absolute Gasteiger partial charge is 0.361 e. The van der Waals surface area contributed by atoms with Crippen LogP contribution in [-0.2, 0) is 6.42 Å². The normalized spacial score (nSPS) is 14.1. The Kier molecular flexibility index (Phi) is 5.39. The zero-order chi connectivity index (χ0) is 18.8. The molecule has 0 saturated heterocycles. The average Bonchev–Trinajstić information content (AvgIpc) is 3.34. The molecule has 1 aliphatic heterocycles. The molecule has 2 aromatic carbocycles. The van der Waals surface area contributed by atoms with Crippen molar-refractivity contribution in [2.24, 2.45) is 0 Å². The molecule has 27 heavy (non-hydrogen) atoms. The molecular weight excluding hydrogens is 399 g/mol. The maximum absolute atomic E-state index is 12.7. The van der Waals surface area contributed by atoms with E-state index in [0.29, 0.717) is 22.2 Å². The third-order valence-electron chi connectivity index (χ3n) is 4.80. The number of nitrogens with zero attached hydrogens (tertiary/aromatic N) is 1. The van der Waals surface area contributed by atoms with Crippen molar-refractivity contribution in [3.8, 4) is 0 Å². The molecule has 0 radical (unpaired) electrons. The van der Waals surface area contributed by atoms with Crippen molar-refractivity contribution in [2.45, 2.75) is 12.5 Å². The van der Waals surface area contributed by atoms with Gasteiger partial charge in [0.1, 0.15) is 0 Å². The van der Waals surface area contributed by atoms with Crippen LogP contribution in [0.3, 0.4) is 0 Å². The van der Waals surface area contributed by atoms with Gasteiger partial charge in [0.2, 0.25) is 0 Å².